The third-order valence-corrected chi connectivity index (χ3v) is 3.16. The highest BCUT2D eigenvalue weighted by molar-refractivity contribution is 5.23. The zero-order valence-corrected chi connectivity index (χ0v) is 8.72. The molecule has 0 amide bonds. The van der Waals surface area contributed by atoms with E-state index >= 15 is 0 Å². The summed E-state index contributed by atoms with van der Waals surface area (Å²) in [5.74, 6) is -2.65. The van der Waals surface area contributed by atoms with Crippen LogP contribution in [0.1, 0.15) is 37.4 Å². The van der Waals surface area contributed by atoms with Crippen molar-refractivity contribution >= 4 is 0 Å². The zero-order chi connectivity index (χ0) is 11.7. The molecule has 1 unspecified atom stereocenters. The molecule has 0 aliphatic heterocycles. The summed E-state index contributed by atoms with van der Waals surface area (Å²) in [7, 11) is 0. The Morgan fingerprint density at radius 3 is 2.19 bits per heavy atom. The van der Waals surface area contributed by atoms with Gasteiger partial charge in [-0.3, -0.25) is 0 Å². The Kier molecular flexibility index (Phi) is 3.19. The lowest BCUT2D eigenvalue weighted by Crippen LogP contribution is -2.16. The first-order chi connectivity index (χ1) is 7.58. The monoisotopic (exact) mass is 230 g/mol. The summed E-state index contributed by atoms with van der Waals surface area (Å²) < 4.78 is 39.2. The summed E-state index contributed by atoms with van der Waals surface area (Å²) >= 11 is 0. The average Bonchev–Trinajstić information content (AvgIpc) is 2.09. The predicted molar refractivity (Wildman–Crippen MR) is 53.2 cm³/mol. The maximum absolute atomic E-state index is 13.3. The van der Waals surface area contributed by atoms with E-state index in [1.807, 2.05) is 0 Å². The quantitative estimate of drug-likeness (QED) is 0.844. The van der Waals surface area contributed by atoms with E-state index in [9.17, 15) is 18.3 Å². The van der Waals surface area contributed by atoms with Gasteiger partial charge in [-0.25, -0.2) is 13.2 Å². The van der Waals surface area contributed by atoms with E-state index in [0.29, 0.717) is 24.5 Å². The fraction of sp³-hybridized carbons (Fsp3) is 0.500. The van der Waals surface area contributed by atoms with Gasteiger partial charge in [-0.1, -0.05) is 19.3 Å². The lowest BCUT2D eigenvalue weighted by atomic mass is 9.80. The molecule has 16 heavy (non-hydrogen) atoms. The van der Waals surface area contributed by atoms with E-state index in [2.05, 4.69) is 0 Å². The number of benzene rings is 1. The third-order valence-electron chi connectivity index (χ3n) is 3.16. The SMILES string of the molecule is OC(CC1CCC1)c1c(F)cc(F)cc1F. The molecule has 1 aliphatic rings. The van der Waals surface area contributed by atoms with Crippen molar-refractivity contribution in [3.63, 3.8) is 0 Å². The Morgan fingerprint density at radius 1 is 1.19 bits per heavy atom. The van der Waals surface area contributed by atoms with Gasteiger partial charge in [-0.05, 0) is 12.3 Å². The predicted octanol–water partition coefficient (Wildman–Crippen LogP) is 3.33. The molecule has 0 heterocycles. The maximum Gasteiger partial charge on any atom is 0.134 e. The molecular formula is C12H13F3O. The van der Waals surface area contributed by atoms with E-state index in [1.54, 1.807) is 0 Å². The van der Waals surface area contributed by atoms with E-state index in [0.717, 1.165) is 19.3 Å². The molecule has 1 aliphatic carbocycles. The number of hydrogen-bond donors (Lipinski definition) is 1. The van der Waals surface area contributed by atoms with Gasteiger partial charge in [0, 0.05) is 12.1 Å². The molecular weight excluding hydrogens is 217 g/mol. The number of halogens is 3. The van der Waals surface area contributed by atoms with Crippen molar-refractivity contribution in [1.29, 1.82) is 0 Å². The molecule has 1 atom stereocenters. The molecule has 0 saturated heterocycles. The van der Waals surface area contributed by atoms with Crippen LogP contribution in [0, 0.1) is 23.4 Å². The van der Waals surface area contributed by atoms with Crippen LogP contribution in [0.15, 0.2) is 12.1 Å². The van der Waals surface area contributed by atoms with Gasteiger partial charge in [0.05, 0.1) is 11.7 Å². The lowest BCUT2D eigenvalue weighted by Gasteiger charge is -2.27. The Balaban J connectivity index is 2.17. The maximum atomic E-state index is 13.3. The fourth-order valence-electron chi connectivity index (χ4n) is 2.03. The summed E-state index contributed by atoms with van der Waals surface area (Å²) in [4.78, 5) is 0. The van der Waals surface area contributed by atoms with Crippen molar-refractivity contribution in [2.75, 3.05) is 0 Å². The first kappa shape index (κ1) is 11.5. The van der Waals surface area contributed by atoms with Crippen LogP contribution >= 0.6 is 0 Å². The van der Waals surface area contributed by atoms with Crippen molar-refractivity contribution < 1.29 is 18.3 Å². The van der Waals surface area contributed by atoms with Gasteiger partial charge in [-0.2, -0.15) is 0 Å². The largest absolute Gasteiger partial charge is 0.388 e. The van der Waals surface area contributed by atoms with Crippen molar-refractivity contribution in [3.05, 3.63) is 35.1 Å². The summed E-state index contributed by atoms with van der Waals surface area (Å²) in [5.41, 5.74) is -0.409. The van der Waals surface area contributed by atoms with Crippen molar-refractivity contribution in [2.45, 2.75) is 31.8 Å². The molecule has 1 fully saturated rings. The van der Waals surface area contributed by atoms with E-state index in [4.69, 9.17) is 0 Å². The van der Waals surface area contributed by atoms with Gasteiger partial charge in [-0.15, -0.1) is 0 Å². The standard InChI is InChI=1S/C12H13F3O/c13-8-5-9(14)12(10(15)6-8)11(16)4-7-2-1-3-7/h5-7,11,16H,1-4H2. The minimum absolute atomic E-state index is 0.332. The van der Waals surface area contributed by atoms with E-state index < -0.39 is 29.1 Å². The second-order valence-electron chi connectivity index (χ2n) is 4.33. The number of rotatable bonds is 3. The number of hydrogen-bond acceptors (Lipinski definition) is 1. The Morgan fingerprint density at radius 2 is 1.75 bits per heavy atom. The first-order valence-electron chi connectivity index (χ1n) is 5.40. The molecule has 1 nitrogen and oxygen atoms in total. The van der Waals surface area contributed by atoms with Gasteiger partial charge in [0.2, 0.25) is 0 Å². The molecule has 2 rings (SSSR count). The minimum Gasteiger partial charge on any atom is -0.388 e. The van der Waals surface area contributed by atoms with Gasteiger partial charge < -0.3 is 5.11 Å². The van der Waals surface area contributed by atoms with Crippen LogP contribution in [0.25, 0.3) is 0 Å². The Bertz CT molecular complexity index is 365. The molecule has 0 bridgehead atoms. The molecule has 0 spiro atoms. The van der Waals surface area contributed by atoms with Crippen LogP contribution in [0.2, 0.25) is 0 Å². The second kappa shape index (κ2) is 4.45. The smallest absolute Gasteiger partial charge is 0.134 e. The molecule has 1 aromatic carbocycles. The second-order valence-corrected chi connectivity index (χ2v) is 4.33. The van der Waals surface area contributed by atoms with Crippen LogP contribution in [0.3, 0.4) is 0 Å². The topological polar surface area (TPSA) is 20.2 Å². The van der Waals surface area contributed by atoms with Crippen LogP contribution < -0.4 is 0 Å². The highest BCUT2D eigenvalue weighted by Crippen LogP contribution is 2.36. The molecule has 88 valence electrons. The number of aliphatic hydroxyl groups is 1. The first-order valence-corrected chi connectivity index (χ1v) is 5.40. The highest BCUT2D eigenvalue weighted by atomic mass is 19.1. The zero-order valence-electron chi connectivity index (χ0n) is 8.72. The van der Waals surface area contributed by atoms with Crippen LogP contribution in [0.4, 0.5) is 13.2 Å². The molecule has 0 radical (unpaired) electrons. The van der Waals surface area contributed by atoms with Gasteiger partial charge >= 0.3 is 0 Å². The van der Waals surface area contributed by atoms with Gasteiger partial charge in [0.25, 0.3) is 0 Å². The lowest BCUT2D eigenvalue weighted by molar-refractivity contribution is 0.111. The minimum atomic E-state index is -1.18. The van der Waals surface area contributed by atoms with E-state index in [1.165, 1.54) is 0 Å². The van der Waals surface area contributed by atoms with Crippen molar-refractivity contribution in [1.82, 2.24) is 0 Å². The van der Waals surface area contributed by atoms with Crippen molar-refractivity contribution in [3.8, 4) is 0 Å². The summed E-state index contributed by atoms with van der Waals surface area (Å²) in [6.07, 6.45) is 2.25. The summed E-state index contributed by atoms with van der Waals surface area (Å²) in [5, 5.41) is 9.71. The molecule has 1 aromatic rings. The number of aliphatic hydroxyl groups excluding tert-OH is 1. The third kappa shape index (κ3) is 2.21. The van der Waals surface area contributed by atoms with Crippen LogP contribution in [-0.4, -0.2) is 5.11 Å². The molecule has 1 N–H and O–H groups in total. The fourth-order valence-corrected chi connectivity index (χ4v) is 2.03. The Hall–Kier alpha value is -1.03. The van der Waals surface area contributed by atoms with E-state index in [-0.39, 0.29) is 0 Å². The average molecular weight is 230 g/mol. The Labute approximate surface area is 91.9 Å². The van der Waals surface area contributed by atoms with Gasteiger partial charge in [0.1, 0.15) is 17.5 Å². The summed E-state index contributed by atoms with van der Waals surface area (Å²) in [6.45, 7) is 0. The molecule has 4 heteroatoms. The normalized spacial score (nSPS) is 18.2. The van der Waals surface area contributed by atoms with Crippen LogP contribution in [0.5, 0.6) is 0 Å². The van der Waals surface area contributed by atoms with Crippen molar-refractivity contribution in [2.24, 2.45) is 5.92 Å². The molecule has 0 aromatic heterocycles. The molecule has 1 saturated carbocycles. The van der Waals surface area contributed by atoms with Gasteiger partial charge in [0.15, 0.2) is 0 Å². The summed E-state index contributed by atoms with van der Waals surface area (Å²) in [6, 6.07) is 1.20. The highest BCUT2D eigenvalue weighted by Gasteiger charge is 2.25. The van der Waals surface area contributed by atoms with Crippen LogP contribution in [-0.2, 0) is 0 Å².